The third kappa shape index (κ3) is 7.19. The van der Waals surface area contributed by atoms with Gasteiger partial charge in [0, 0.05) is 63.7 Å². The van der Waals surface area contributed by atoms with Gasteiger partial charge in [-0.1, -0.05) is 44.2 Å². The Hall–Kier alpha value is -3.36. The highest BCUT2D eigenvalue weighted by Gasteiger charge is 2.34. The van der Waals surface area contributed by atoms with Gasteiger partial charge in [-0.15, -0.1) is 0 Å². The molecule has 0 radical (unpaired) electrons. The zero-order valence-corrected chi connectivity index (χ0v) is 23.3. The molecule has 9 nitrogen and oxygen atoms in total. The Bertz CT molecular complexity index is 1050. The van der Waals surface area contributed by atoms with E-state index in [1.807, 2.05) is 54.0 Å². The maximum absolute atomic E-state index is 13.6. The molecule has 2 atom stereocenters. The Labute approximate surface area is 231 Å². The number of hydrogen-bond donors (Lipinski definition) is 0. The van der Waals surface area contributed by atoms with Crippen LogP contribution in [0.25, 0.3) is 0 Å². The quantitative estimate of drug-likeness (QED) is 0.410. The van der Waals surface area contributed by atoms with E-state index in [1.165, 1.54) is 0 Å². The van der Waals surface area contributed by atoms with Crippen LogP contribution in [0.5, 0.6) is 5.75 Å². The first-order valence-corrected chi connectivity index (χ1v) is 14.3. The minimum absolute atomic E-state index is 0.00265. The van der Waals surface area contributed by atoms with Crippen molar-refractivity contribution >= 4 is 24.1 Å². The van der Waals surface area contributed by atoms with E-state index in [1.54, 1.807) is 9.80 Å². The lowest BCUT2D eigenvalue weighted by molar-refractivity contribution is -0.145. The third-order valence-electron chi connectivity index (χ3n) is 8.44. The molecular formula is C30H42N4O5. The summed E-state index contributed by atoms with van der Waals surface area (Å²) in [5.74, 6) is 0.769. The van der Waals surface area contributed by atoms with E-state index in [0.29, 0.717) is 64.6 Å². The molecule has 212 valence electrons. The molecule has 9 heteroatoms. The Morgan fingerprint density at radius 1 is 1.03 bits per heavy atom. The van der Waals surface area contributed by atoms with Gasteiger partial charge < -0.3 is 24.3 Å². The normalized spacial score (nSPS) is 23.2. The molecule has 2 saturated heterocycles. The Morgan fingerprint density at radius 2 is 1.77 bits per heavy atom. The molecule has 1 aromatic rings. The number of para-hydroxylation sites is 1. The molecule has 2 fully saturated rings. The summed E-state index contributed by atoms with van der Waals surface area (Å²) in [6, 6.07) is 7.69. The van der Waals surface area contributed by atoms with E-state index in [9.17, 15) is 19.2 Å². The summed E-state index contributed by atoms with van der Waals surface area (Å²) >= 11 is 0. The summed E-state index contributed by atoms with van der Waals surface area (Å²) in [5, 5.41) is 0. The Balaban J connectivity index is 1.52. The fourth-order valence-electron chi connectivity index (χ4n) is 5.88. The zero-order chi connectivity index (χ0) is 27.8. The number of piperidine rings is 1. The molecular weight excluding hydrogens is 496 g/mol. The fraction of sp³-hybridized carbons (Fsp3) is 0.600. The zero-order valence-electron chi connectivity index (χ0n) is 23.3. The van der Waals surface area contributed by atoms with Crippen LogP contribution >= 0.6 is 0 Å². The topological polar surface area (TPSA) is 90.5 Å². The van der Waals surface area contributed by atoms with Crippen LogP contribution in [-0.4, -0.2) is 96.2 Å². The van der Waals surface area contributed by atoms with Gasteiger partial charge in [-0.05, 0) is 37.2 Å². The monoisotopic (exact) mass is 538 g/mol. The maximum atomic E-state index is 13.6. The molecule has 4 rings (SSSR count). The van der Waals surface area contributed by atoms with Gasteiger partial charge in [-0.25, -0.2) is 0 Å². The van der Waals surface area contributed by atoms with Gasteiger partial charge in [0.15, 0.2) is 0 Å². The second-order valence-electron chi connectivity index (χ2n) is 10.8. The van der Waals surface area contributed by atoms with Crippen molar-refractivity contribution in [3.05, 3.63) is 42.0 Å². The number of nitrogens with zero attached hydrogens (tertiary/aromatic N) is 4. The van der Waals surface area contributed by atoms with Gasteiger partial charge in [-0.3, -0.25) is 19.2 Å². The largest absolute Gasteiger partial charge is 0.489 e. The SMILES string of the molecule is CCC(CC)C(=O)N1CC(=O)N2CC[C@@H](CC(=O)N3CCN(C=O)CC3)[C@@H](/C=C\COc3ccccc3C1)C2. The second-order valence-corrected chi connectivity index (χ2v) is 10.8. The number of carbonyl (C=O) groups excluding carboxylic acids is 4. The van der Waals surface area contributed by atoms with E-state index >= 15 is 0 Å². The molecule has 0 unspecified atom stereocenters. The molecule has 3 aliphatic heterocycles. The summed E-state index contributed by atoms with van der Waals surface area (Å²) in [5.41, 5.74) is 0.883. The van der Waals surface area contributed by atoms with Crippen LogP contribution in [0.1, 0.15) is 45.1 Å². The van der Waals surface area contributed by atoms with Gasteiger partial charge >= 0.3 is 0 Å². The van der Waals surface area contributed by atoms with Gasteiger partial charge in [0.1, 0.15) is 18.9 Å². The molecule has 3 aliphatic rings. The highest BCUT2D eigenvalue weighted by Crippen LogP contribution is 2.30. The molecule has 0 N–H and O–H groups in total. The standard InChI is InChI=1S/C30H42N4O5/c1-3-23(4-2)30(38)34-20-26-8-5-6-10-27(26)39-17-7-9-25-19-33(29(37)21-34)12-11-24(25)18-28(36)32-15-13-31(22-35)14-16-32/h5-10,22-25H,3-4,11-21H2,1-2H3/b9-7-/t24-,25-/m0/s1. The van der Waals surface area contributed by atoms with Crippen LogP contribution in [0.3, 0.4) is 0 Å². The number of carbonyl (C=O) groups is 4. The number of fused-ring (bicyclic) bond motifs is 3. The summed E-state index contributed by atoms with van der Waals surface area (Å²) in [6.45, 7) is 8.09. The highest BCUT2D eigenvalue weighted by molar-refractivity contribution is 5.86. The summed E-state index contributed by atoms with van der Waals surface area (Å²) in [6.07, 6.45) is 7.52. The first kappa shape index (κ1) is 28.6. The van der Waals surface area contributed by atoms with Gasteiger partial charge in [0.2, 0.25) is 24.1 Å². The summed E-state index contributed by atoms with van der Waals surface area (Å²) < 4.78 is 6.11. The molecule has 0 saturated carbocycles. The molecule has 1 aromatic carbocycles. The lowest BCUT2D eigenvalue weighted by Gasteiger charge is -2.39. The van der Waals surface area contributed by atoms with Crippen molar-refractivity contribution in [2.24, 2.45) is 17.8 Å². The molecule has 0 spiro atoms. The second kappa shape index (κ2) is 13.6. The Morgan fingerprint density at radius 3 is 2.49 bits per heavy atom. The molecule has 39 heavy (non-hydrogen) atoms. The molecule has 0 aliphatic carbocycles. The first-order chi connectivity index (χ1) is 18.9. The summed E-state index contributed by atoms with van der Waals surface area (Å²) in [4.78, 5) is 58.3. The van der Waals surface area contributed by atoms with E-state index in [0.717, 1.165) is 31.2 Å². The van der Waals surface area contributed by atoms with Gasteiger partial charge in [0.25, 0.3) is 0 Å². The minimum Gasteiger partial charge on any atom is -0.489 e. The third-order valence-corrected chi connectivity index (χ3v) is 8.44. The number of ether oxygens (including phenoxy) is 1. The van der Waals surface area contributed by atoms with Crippen molar-refractivity contribution in [3.8, 4) is 5.75 Å². The number of amides is 4. The Kier molecular flexibility index (Phi) is 10.0. The lowest BCUT2D eigenvalue weighted by atomic mass is 9.82. The molecule has 2 bridgehead atoms. The maximum Gasteiger partial charge on any atom is 0.242 e. The minimum atomic E-state index is -0.124. The van der Waals surface area contributed by atoms with Gasteiger partial charge in [0.05, 0.1) is 0 Å². The van der Waals surface area contributed by atoms with Crippen molar-refractivity contribution in [1.82, 2.24) is 19.6 Å². The van der Waals surface area contributed by atoms with Gasteiger partial charge in [-0.2, -0.15) is 0 Å². The number of benzene rings is 1. The average Bonchev–Trinajstić information content (AvgIpc) is 2.97. The number of piperazine rings is 1. The van der Waals surface area contributed by atoms with Crippen LogP contribution in [0.4, 0.5) is 0 Å². The predicted octanol–water partition coefficient (Wildman–Crippen LogP) is 2.56. The van der Waals surface area contributed by atoms with Crippen molar-refractivity contribution < 1.29 is 23.9 Å². The van der Waals surface area contributed by atoms with E-state index in [-0.39, 0.29) is 42.0 Å². The van der Waals surface area contributed by atoms with E-state index in [2.05, 4.69) is 6.08 Å². The van der Waals surface area contributed by atoms with Crippen molar-refractivity contribution in [3.63, 3.8) is 0 Å². The van der Waals surface area contributed by atoms with Crippen LogP contribution in [0.15, 0.2) is 36.4 Å². The molecule has 3 heterocycles. The highest BCUT2D eigenvalue weighted by atomic mass is 16.5. The molecule has 0 aromatic heterocycles. The van der Waals surface area contributed by atoms with Crippen LogP contribution in [-0.2, 0) is 25.7 Å². The number of rotatable bonds is 6. The predicted molar refractivity (Wildman–Crippen MR) is 148 cm³/mol. The molecule has 4 amide bonds. The van der Waals surface area contributed by atoms with Crippen LogP contribution in [0.2, 0.25) is 0 Å². The van der Waals surface area contributed by atoms with E-state index in [4.69, 9.17) is 4.74 Å². The van der Waals surface area contributed by atoms with Crippen LogP contribution < -0.4 is 4.74 Å². The lowest BCUT2D eigenvalue weighted by Crippen LogP contribution is -2.51. The average molecular weight is 539 g/mol. The van der Waals surface area contributed by atoms with Crippen molar-refractivity contribution in [2.75, 3.05) is 52.4 Å². The number of hydrogen-bond acceptors (Lipinski definition) is 5. The smallest absolute Gasteiger partial charge is 0.242 e. The first-order valence-electron chi connectivity index (χ1n) is 14.3. The fourth-order valence-corrected chi connectivity index (χ4v) is 5.88. The van der Waals surface area contributed by atoms with Crippen LogP contribution in [0, 0.1) is 17.8 Å². The summed E-state index contributed by atoms with van der Waals surface area (Å²) in [7, 11) is 0. The van der Waals surface area contributed by atoms with Crippen molar-refractivity contribution in [1.29, 1.82) is 0 Å². The van der Waals surface area contributed by atoms with Crippen molar-refractivity contribution in [2.45, 2.75) is 46.1 Å². The van der Waals surface area contributed by atoms with E-state index < -0.39 is 0 Å².